The van der Waals surface area contributed by atoms with Crippen molar-refractivity contribution in [2.45, 2.75) is 22.3 Å². The molecular formula is C15H13ClFNO2S2. The topological polar surface area (TPSA) is 46.2 Å². The highest BCUT2D eigenvalue weighted by molar-refractivity contribution is 7.99. The van der Waals surface area contributed by atoms with Crippen LogP contribution in [0.4, 0.5) is 4.39 Å². The van der Waals surface area contributed by atoms with E-state index in [1.807, 2.05) is 24.3 Å². The van der Waals surface area contributed by atoms with Crippen LogP contribution in [-0.2, 0) is 10.0 Å². The smallest absolute Gasteiger partial charge is 0.207 e. The maximum Gasteiger partial charge on any atom is 0.244 e. The van der Waals surface area contributed by atoms with Crippen LogP contribution in [0, 0.1) is 5.82 Å². The Morgan fingerprint density at radius 2 is 2.00 bits per heavy atom. The summed E-state index contributed by atoms with van der Waals surface area (Å²) in [6.07, 6.45) is 0.663. The molecule has 2 aromatic rings. The molecule has 0 bridgehead atoms. The highest BCUT2D eigenvalue weighted by Gasteiger charge is 2.27. The number of hydrogen-bond acceptors (Lipinski definition) is 3. The molecule has 2 aromatic carbocycles. The lowest BCUT2D eigenvalue weighted by Gasteiger charge is -2.25. The summed E-state index contributed by atoms with van der Waals surface area (Å²) in [5.41, 5.74) is 0.927. The number of hydrogen-bond donors (Lipinski definition) is 1. The first-order valence-corrected chi connectivity index (χ1v) is 9.51. The molecule has 0 radical (unpaired) electrons. The molecule has 0 saturated carbocycles. The Hall–Kier alpha value is -1.08. The Labute approximate surface area is 137 Å². The summed E-state index contributed by atoms with van der Waals surface area (Å²) < 4.78 is 41.4. The Morgan fingerprint density at radius 1 is 1.23 bits per heavy atom. The van der Waals surface area contributed by atoms with E-state index in [9.17, 15) is 12.8 Å². The van der Waals surface area contributed by atoms with Gasteiger partial charge in [-0.2, -0.15) is 0 Å². The summed E-state index contributed by atoms with van der Waals surface area (Å²) in [4.78, 5) is 0.672. The second-order valence-electron chi connectivity index (χ2n) is 4.92. The Morgan fingerprint density at radius 3 is 2.77 bits per heavy atom. The lowest BCUT2D eigenvalue weighted by Crippen LogP contribution is -2.31. The number of halogens is 2. The summed E-state index contributed by atoms with van der Waals surface area (Å²) in [5.74, 6) is -0.0358. The van der Waals surface area contributed by atoms with Crippen LogP contribution in [0.3, 0.4) is 0 Å². The van der Waals surface area contributed by atoms with Crippen molar-refractivity contribution < 1.29 is 12.8 Å². The second-order valence-corrected chi connectivity index (χ2v) is 8.18. The van der Waals surface area contributed by atoms with E-state index in [0.29, 0.717) is 6.42 Å². The quantitative estimate of drug-likeness (QED) is 0.903. The molecule has 116 valence electrons. The van der Waals surface area contributed by atoms with Crippen molar-refractivity contribution in [2.24, 2.45) is 0 Å². The molecule has 0 amide bonds. The normalized spacial score (nSPS) is 18.0. The van der Waals surface area contributed by atoms with Crippen LogP contribution in [0.25, 0.3) is 0 Å². The van der Waals surface area contributed by atoms with Gasteiger partial charge in [0.15, 0.2) is 0 Å². The van der Waals surface area contributed by atoms with E-state index >= 15 is 0 Å². The molecular weight excluding hydrogens is 345 g/mol. The number of thioether (sulfide) groups is 1. The zero-order valence-electron chi connectivity index (χ0n) is 11.4. The summed E-state index contributed by atoms with van der Waals surface area (Å²) >= 11 is 7.36. The third kappa shape index (κ3) is 3.15. The predicted octanol–water partition coefficient (Wildman–Crippen LogP) is 3.99. The molecule has 3 rings (SSSR count). The van der Waals surface area contributed by atoms with Crippen LogP contribution in [0.2, 0.25) is 5.02 Å². The van der Waals surface area contributed by atoms with Gasteiger partial charge in [0.2, 0.25) is 10.0 Å². The van der Waals surface area contributed by atoms with Crippen molar-refractivity contribution >= 4 is 33.4 Å². The van der Waals surface area contributed by atoms with Crippen molar-refractivity contribution in [1.82, 2.24) is 4.72 Å². The van der Waals surface area contributed by atoms with Crippen molar-refractivity contribution in [3.05, 3.63) is 58.9 Å². The van der Waals surface area contributed by atoms with Gasteiger partial charge >= 0.3 is 0 Å². The number of nitrogens with one attached hydrogen (secondary N) is 1. The minimum absolute atomic E-state index is 0.163. The molecule has 22 heavy (non-hydrogen) atoms. The highest BCUT2D eigenvalue weighted by atomic mass is 35.5. The van der Waals surface area contributed by atoms with Crippen molar-refractivity contribution in [3.63, 3.8) is 0 Å². The van der Waals surface area contributed by atoms with Gasteiger partial charge in [-0.3, -0.25) is 0 Å². The van der Waals surface area contributed by atoms with Crippen LogP contribution in [-0.4, -0.2) is 14.2 Å². The summed E-state index contributed by atoms with van der Waals surface area (Å²) in [5, 5.41) is 0.163. The first-order valence-electron chi connectivity index (χ1n) is 6.66. The largest absolute Gasteiger partial charge is 0.244 e. The van der Waals surface area contributed by atoms with Gasteiger partial charge < -0.3 is 0 Å². The fourth-order valence-corrected chi connectivity index (χ4v) is 5.00. The minimum Gasteiger partial charge on any atom is -0.207 e. The average molecular weight is 358 g/mol. The van der Waals surface area contributed by atoms with Gasteiger partial charge in [0.25, 0.3) is 0 Å². The molecule has 0 saturated heterocycles. The second kappa shape index (κ2) is 6.20. The van der Waals surface area contributed by atoms with E-state index in [1.54, 1.807) is 11.8 Å². The summed E-state index contributed by atoms with van der Waals surface area (Å²) in [6, 6.07) is 10.8. The molecule has 1 N–H and O–H groups in total. The van der Waals surface area contributed by atoms with Gasteiger partial charge in [0.1, 0.15) is 10.7 Å². The Bertz CT molecular complexity index is 811. The molecule has 0 fully saturated rings. The van der Waals surface area contributed by atoms with Crippen molar-refractivity contribution in [1.29, 1.82) is 0 Å². The molecule has 0 spiro atoms. The predicted molar refractivity (Wildman–Crippen MR) is 86.3 cm³/mol. The summed E-state index contributed by atoms with van der Waals surface area (Å²) in [6.45, 7) is 0. The lowest BCUT2D eigenvalue weighted by molar-refractivity contribution is 0.532. The van der Waals surface area contributed by atoms with E-state index in [1.165, 1.54) is 12.1 Å². The van der Waals surface area contributed by atoms with Crippen LogP contribution in [0.15, 0.2) is 52.3 Å². The maximum atomic E-state index is 13.9. The van der Waals surface area contributed by atoms with E-state index in [2.05, 4.69) is 4.72 Å². The Balaban J connectivity index is 1.93. The van der Waals surface area contributed by atoms with E-state index in [-0.39, 0.29) is 16.0 Å². The first-order chi connectivity index (χ1) is 10.5. The maximum absolute atomic E-state index is 13.9. The number of sulfonamides is 1. The van der Waals surface area contributed by atoms with E-state index in [0.717, 1.165) is 22.3 Å². The molecule has 3 nitrogen and oxygen atoms in total. The number of fused-ring (bicyclic) bond motifs is 1. The first kappa shape index (κ1) is 15.8. The number of rotatable bonds is 3. The molecule has 1 atom stereocenters. The third-order valence-corrected chi connectivity index (χ3v) is 6.30. The molecule has 1 heterocycles. The van der Waals surface area contributed by atoms with Gasteiger partial charge in [-0.1, -0.05) is 29.8 Å². The van der Waals surface area contributed by atoms with Crippen molar-refractivity contribution in [2.75, 3.05) is 5.75 Å². The Kier molecular flexibility index (Phi) is 4.45. The molecule has 1 aliphatic heterocycles. The lowest BCUT2D eigenvalue weighted by atomic mass is 10.1. The fraction of sp³-hybridized carbons (Fsp3) is 0.200. The van der Waals surface area contributed by atoms with Crippen LogP contribution >= 0.6 is 23.4 Å². The van der Waals surface area contributed by atoms with Crippen LogP contribution in [0.1, 0.15) is 18.0 Å². The average Bonchev–Trinajstić information content (AvgIpc) is 2.47. The summed E-state index contributed by atoms with van der Waals surface area (Å²) in [7, 11) is -3.94. The zero-order chi connectivity index (χ0) is 15.7. The minimum atomic E-state index is -3.94. The number of benzene rings is 2. The fourth-order valence-electron chi connectivity index (χ4n) is 2.41. The molecule has 0 aliphatic carbocycles. The van der Waals surface area contributed by atoms with Gasteiger partial charge in [-0.05, 0) is 42.0 Å². The zero-order valence-corrected chi connectivity index (χ0v) is 13.8. The monoisotopic (exact) mass is 357 g/mol. The highest BCUT2D eigenvalue weighted by Crippen LogP contribution is 2.36. The third-order valence-electron chi connectivity index (χ3n) is 3.44. The molecule has 1 aliphatic rings. The van der Waals surface area contributed by atoms with E-state index < -0.39 is 15.8 Å². The van der Waals surface area contributed by atoms with Gasteiger partial charge in [-0.15, -0.1) is 11.8 Å². The standard InChI is InChI=1S/C15H13ClFNO2S2/c16-10-5-6-15(12(17)9-10)22(19,20)18-13-7-8-21-14-4-2-1-3-11(13)14/h1-6,9,13,18H,7-8H2/t13-/m0/s1. The molecule has 0 unspecified atom stereocenters. The van der Waals surface area contributed by atoms with Crippen molar-refractivity contribution in [3.8, 4) is 0 Å². The van der Waals surface area contributed by atoms with Gasteiger partial charge in [0, 0.05) is 16.0 Å². The van der Waals surface area contributed by atoms with E-state index in [4.69, 9.17) is 11.6 Å². The molecule has 7 heteroatoms. The SMILES string of the molecule is O=S(=O)(N[C@H]1CCSc2ccccc21)c1ccc(Cl)cc1F. The van der Waals surface area contributed by atoms with Gasteiger partial charge in [-0.25, -0.2) is 17.5 Å². The van der Waals surface area contributed by atoms with Crippen LogP contribution in [0.5, 0.6) is 0 Å². The van der Waals surface area contributed by atoms with Crippen LogP contribution < -0.4 is 4.72 Å². The molecule has 0 aromatic heterocycles. The van der Waals surface area contributed by atoms with Gasteiger partial charge in [0.05, 0.1) is 0 Å².